The van der Waals surface area contributed by atoms with E-state index in [0.29, 0.717) is 16.2 Å². The van der Waals surface area contributed by atoms with Crippen molar-refractivity contribution in [2.75, 3.05) is 0 Å². The molecule has 1 heterocycles. The largest absolute Gasteiger partial charge is 0.481 e. The van der Waals surface area contributed by atoms with Crippen LogP contribution in [0.2, 0.25) is 5.02 Å². The maximum atomic E-state index is 11.8. The average molecular weight is 273 g/mol. The molecule has 1 aromatic carbocycles. The van der Waals surface area contributed by atoms with E-state index in [9.17, 15) is 13.2 Å². The molecule has 0 atom stereocenters. The molecule has 0 amide bonds. The monoisotopic (exact) mass is 272 g/mol. The first-order chi connectivity index (χ1) is 7.90. The van der Waals surface area contributed by atoms with Crippen LogP contribution in [0.5, 0.6) is 0 Å². The number of carbonyl (C=O) groups is 1. The molecule has 0 fully saturated rings. The van der Waals surface area contributed by atoms with E-state index in [2.05, 4.69) is 0 Å². The number of carboxylic acids is 1. The van der Waals surface area contributed by atoms with Gasteiger partial charge < -0.3 is 5.11 Å². The van der Waals surface area contributed by atoms with Crippen molar-refractivity contribution in [3.05, 3.63) is 34.2 Å². The van der Waals surface area contributed by atoms with Crippen LogP contribution in [-0.2, 0) is 14.6 Å². The number of fused-ring (bicyclic) bond motifs is 1. The number of rotatable bonds is 3. The Kier molecular flexibility index (Phi) is 2.97. The molecule has 90 valence electrons. The second-order valence-electron chi connectivity index (χ2n) is 3.72. The van der Waals surface area contributed by atoms with Crippen LogP contribution in [0.25, 0.3) is 5.57 Å². The zero-order valence-corrected chi connectivity index (χ0v) is 10.3. The van der Waals surface area contributed by atoms with Gasteiger partial charge in [-0.15, -0.1) is 0 Å². The van der Waals surface area contributed by atoms with Crippen LogP contribution in [0.3, 0.4) is 0 Å². The summed E-state index contributed by atoms with van der Waals surface area (Å²) in [5.41, 5.74) is 1.08. The highest BCUT2D eigenvalue weighted by Crippen LogP contribution is 2.37. The van der Waals surface area contributed by atoms with Crippen molar-refractivity contribution in [1.29, 1.82) is 0 Å². The molecule has 1 aliphatic heterocycles. The van der Waals surface area contributed by atoms with Crippen LogP contribution in [0.15, 0.2) is 28.5 Å². The predicted octanol–water partition coefficient (Wildman–Crippen LogP) is 2.33. The second-order valence-corrected chi connectivity index (χ2v) is 5.92. The lowest BCUT2D eigenvalue weighted by atomic mass is 10.0. The number of halogens is 1. The van der Waals surface area contributed by atoms with Crippen LogP contribution in [-0.4, -0.2) is 19.5 Å². The fourth-order valence-corrected chi connectivity index (χ4v) is 3.53. The SMILES string of the molecule is O=C(O)CCC1=CS(=O)(=O)c2cc(Cl)ccc21. The molecule has 0 aliphatic carbocycles. The van der Waals surface area contributed by atoms with Crippen molar-refractivity contribution in [2.45, 2.75) is 17.7 Å². The maximum Gasteiger partial charge on any atom is 0.303 e. The average Bonchev–Trinajstić information content (AvgIpc) is 2.48. The smallest absolute Gasteiger partial charge is 0.303 e. The number of allylic oxidation sites excluding steroid dienone is 1. The molecule has 0 aromatic heterocycles. The minimum atomic E-state index is -3.46. The molecule has 0 radical (unpaired) electrons. The van der Waals surface area contributed by atoms with Gasteiger partial charge in [-0.3, -0.25) is 4.79 Å². The van der Waals surface area contributed by atoms with E-state index in [-0.39, 0.29) is 17.7 Å². The lowest BCUT2D eigenvalue weighted by Gasteiger charge is -2.03. The van der Waals surface area contributed by atoms with Crippen molar-refractivity contribution in [2.24, 2.45) is 0 Å². The van der Waals surface area contributed by atoms with Crippen LogP contribution >= 0.6 is 11.6 Å². The highest BCUT2D eigenvalue weighted by atomic mass is 35.5. The van der Waals surface area contributed by atoms with Crippen molar-refractivity contribution < 1.29 is 18.3 Å². The normalized spacial score (nSPS) is 16.4. The number of sulfone groups is 1. The Morgan fingerprint density at radius 3 is 2.71 bits per heavy atom. The standard InChI is InChI=1S/C11H9ClO4S/c12-8-2-3-9-7(1-4-11(13)14)6-17(15,16)10(9)5-8/h2-3,5-6H,1,4H2,(H,13,14). The summed E-state index contributed by atoms with van der Waals surface area (Å²) < 4.78 is 23.6. The van der Waals surface area contributed by atoms with Crippen LogP contribution < -0.4 is 0 Å². The Balaban J connectivity index is 2.43. The quantitative estimate of drug-likeness (QED) is 0.917. The minimum Gasteiger partial charge on any atom is -0.481 e. The van der Waals surface area contributed by atoms with Crippen LogP contribution in [0.4, 0.5) is 0 Å². The molecular weight excluding hydrogens is 264 g/mol. The van der Waals surface area contributed by atoms with E-state index in [4.69, 9.17) is 16.7 Å². The summed E-state index contributed by atoms with van der Waals surface area (Å²) in [6, 6.07) is 4.59. The van der Waals surface area contributed by atoms with Gasteiger partial charge in [-0.1, -0.05) is 17.7 Å². The van der Waals surface area contributed by atoms with Gasteiger partial charge in [0.25, 0.3) is 0 Å². The Hall–Kier alpha value is -1.33. The summed E-state index contributed by atoms with van der Waals surface area (Å²) >= 11 is 5.74. The van der Waals surface area contributed by atoms with Gasteiger partial charge in [-0.2, -0.15) is 0 Å². The van der Waals surface area contributed by atoms with E-state index in [0.717, 1.165) is 5.41 Å². The summed E-state index contributed by atoms with van der Waals surface area (Å²) in [5.74, 6) is -0.953. The Morgan fingerprint density at radius 2 is 2.06 bits per heavy atom. The Bertz CT molecular complexity index is 616. The van der Waals surface area contributed by atoms with Crippen LogP contribution in [0.1, 0.15) is 18.4 Å². The summed E-state index contributed by atoms with van der Waals surface area (Å²) in [6.45, 7) is 0. The van der Waals surface area contributed by atoms with Gasteiger partial charge in [0.05, 0.1) is 4.90 Å². The van der Waals surface area contributed by atoms with E-state index in [1.54, 1.807) is 12.1 Å². The van der Waals surface area contributed by atoms with E-state index in [1.165, 1.54) is 6.07 Å². The van der Waals surface area contributed by atoms with Gasteiger partial charge in [-0.05, 0) is 29.7 Å². The highest BCUT2D eigenvalue weighted by molar-refractivity contribution is 7.95. The second kappa shape index (κ2) is 4.16. The minimum absolute atomic E-state index is 0.0938. The number of hydrogen-bond donors (Lipinski definition) is 1. The summed E-state index contributed by atoms with van der Waals surface area (Å²) in [4.78, 5) is 10.6. The van der Waals surface area contributed by atoms with Crippen molar-refractivity contribution in [3.63, 3.8) is 0 Å². The highest BCUT2D eigenvalue weighted by Gasteiger charge is 2.26. The van der Waals surface area contributed by atoms with E-state index in [1.807, 2.05) is 0 Å². The summed E-state index contributed by atoms with van der Waals surface area (Å²) in [6.07, 6.45) is 0.104. The third-order valence-electron chi connectivity index (χ3n) is 2.50. The van der Waals surface area contributed by atoms with Crippen LogP contribution in [0, 0.1) is 0 Å². The molecule has 1 aromatic rings. The van der Waals surface area contributed by atoms with Crippen molar-refractivity contribution >= 4 is 33.0 Å². The summed E-state index contributed by atoms with van der Waals surface area (Å²) in [5, 5.41) is 10.1. The molecule has 0 bridgehead atoms. The number of benzene rings is 1. The number of carboxylic acid groups (broad SMARTS) is 1. The van der Waals surface area contributed by atoms with Crippen molar-refractivity contribution in [1.82, 2.24) is 0 Å². The van der Waals surface area contributed by atoms with Gasteiger partial charge >= 0.3 is 5.97 Å². The third-order valence-corrected chi connectivity index (χ3v) is 4.28. The predicted molar refractivity (Wildman–Crippen MR) is 63.5 cm³/mol. The van der Waals surface area contributed by atoms with Gasteiger partial charge in [0.1, 0.15) is 0 Å². The first kappa shape index (κ1) is 12.1. The first-order valence-corrected chi connectivity index (χ1v) is 6.80. The third kappa shape index (κ3) is 2.35. The molecule has 0 saturated heterocycles. The van der Waals surface area contributed by atoms with Gasteiger partial charge in [-0.25, -0.2) is 8.42 Å². The van der Waals surface area contributed by atoms with Gasteiger partial charge in [0.2, 0.25) is 9.84 Å². The maximum absolute atomic E-state index is 11.8. The molecule has 0 unspecified atom stereocenters. The molecule has 0 saturated carbocycles. The van der Waals surface area contributed by atoms with E-state index >= 15 is 0 Å². The fraction of sp³-hybridized carbons (Fsp3) is 0.182. The molecular formula is C11H9ClO4S. The van der Waals surface area contributed by atoms with Crippen molar-refractivity contribution in [3.8, 4) is 0 Å². The molecule has 1 N–H and O–H groups in total. The number of hydrogen-bond acceptors (Lipinski definition) is 3. The van der Waals surface area contributed by atoms with E-state index < -0.39 is 15.8 Å². The van der Waals surface area contributed by atoms with Gasteiger partial charge in [0.15, 0.2) is 0 Å². The molecule has 1 aliphatic rings. The molecule has 0 spiro atoms. The first-order valence-electron chi connectivity index (χ1n) is 4.87. The summed E-state index contributed by atoms with van der Waals surface area (Å²) in [7, 11) is -3.46. The fourth-order valence-electron chi connectivity index (χ4n) is 1.75. The molecule has 2 rings (SSSR count). The molecule has 6 heteroatoms. The molecule has 4 nitrogen and oxygen atoms in total. The lowest BCUT2D eigenvalue weighted by molar-refractivity contribution is -0.136. The Morgan fingerprint density at radius 1 is 1.35 bits per heavy atom. The Labute approximate surface area is 103 Å². The van der Waals surface area contributed by atoms with Gasteiger partial charge in [0, 0.05) is 16.9 Å². The topological polar surface area (TPSA) is 71.4 Å². The zero-order valence-electron chi connectivity index (χ0n) is 8.68. The zero-order chi connectivity index (χ0) is 12.6. The lowest BCUT2D eigenvalue weighted by Crippen LogP contribution is -1.95. The number of aliphatic carboxylic acids is 1. The molecule has 17 heavy (non-hydrogen) atoms.